The summed E-state index contributed by atoms with van der Waals surface area (Å²) in [5.74, 6) is -1.85. The highest BCUT2D eigenvalue weighted by molar-refractivity contribution is 7.89. The van der Waals surface area contributed by atoms with Crippen LogP contribution in [-0.2, 0) is 10.0 Å². The molecule has 0 saturated carbocycles. The van der Waals surface area contributed by atoms with E-state index in [0.717, 1.165) is 35.7 Å². The molecule has 0 aliphatic carbocycles. The molecule has 0 aliphatic heterocycles. The maximum Gasteiger partial charge on any atom is 0.245 e. The van der Waals surface area contributed by atoms with Gasteiger partial charge < -0.3 is 0 Å². The molecule has 1 aromatic carbocycles. The van der Waals surface area contributed by atoms with Gasteiger partial charge in [0.1, 0.15) is 16.5 Å². The van der Waals surface area contributed by atoms with Crippen LogP contribution in [0.3, 0.4) is 0 Å². The van der Waals surface area contributed by atoms with Crippen LogP contribution in [-0.4, -0.2) is 26.3 Å². The summed E-state index contributed by atoms with van der Waals surface area (Å²) in [7, 11) is -2.48. The maximum atomic E-state index is 13.4. The highest BCUT2D eigenvalue weighted by Gasteiger charge is 2.24. The number of unbranched alkanes of at least 4 members (excludes halogenated alkanes) is 2. The van der Waals surface area contributed by atoms with Crippen molar-refractivity contribution in [2.75, 3.05) is 13.6 Å². The van der Waals surface area contributed by atoms with Crippen LogP contribution < -0.4 is 0 Å². The van der Waals surface area contributed by atoms with Crippen molar-refractivity contribution in [2.45, 2.75) is 31.1 Å². The first-order valence-electron chi connectivity index (χ1n) is 5.81. The summed E-state index contributed by atoms with van der Waals surface area (Å²) < 4.78 is 51.3. The highest BCUT2D eigenvalue weighted by Crippen LogP contribution is 2.19. The molecule has 0 spiro atoms. The van der Waals surface area contributed by atoms with Gasteiger partial charge in [-0.05, 0) is 18.6 Å². The van der Waals surface area contributed by atoms with Crippen LogP contribution in [0, 0.1) is 11.6 Å². The van der Waals surface area contributed by atoms with E-state index in [1.807, 2.05) is 6.92 Å². The predicted molar refractivity (Wildman–Crippen MR) is 65.7 cm³/mol. The van der Waals surface area contributed by atoms with Gasteiger partial charge in [0.05, 0.1) is 0 Å². The fraction of sp³-hybridized carbons (Fsp3) is 0.500. The molecule has 1 rings (SSSR count). The molecule has 0 aliphatic rings. The molecule has 0 atom stereocenters. The lowest BCUT2D eigenvalue weighted by molar-refractivity contribution is 0.448. The molecule has 3 nitrogen and oxygen atoms in total. The van der Waals surface area contributed by atoms with Gasteiger partial charge in [-0.15, -0.1) is 0 Å². The Bertz CT molecular complexity index is 503. The number of halogens is 2. The minimum Gasteiger partial charge on any atom is -0.207 e. The van der Waals surface area contributed by atoms with E-state index in [0.29, 0.717) is 12.6 Å². The first-order chi connectivity index (χ1) is 8.39. The summed E-state index contributed by atoms with van der Waals surface area (Å²) in [4.78, 5) is -0.483. The van der Waals surface area contributed by atoms with Crippen molar-refractivity contribution in [1.29, 1.82) is 0 Å². The van der Waals surface area contributed by atoms with Gasteiger partial charge in [-0.25, -0.2) is 21.5 Å². The van der Waals surface area contributed by atoms with Crippen LogP contribution in [0.15, 0.2) is 23.1 Å². The molecule has 0 amide bonds. The van der Waals surface area contributed by atoms with Crippen LogP contribution in [0.2, 0.25) is 0 Å². The van der Waals surface area contributed by atoms with E-state index >= 15 is 0 Å². The quantitative estimate of drug-likeness (QED) is 0.750. The van der Waals surface area contributed by atoms with Gasteiger partial charge in [0, 0.05) is 19.7 Å². The maximum absolute atomic E-state index is 13.4. The zero-order valence-electron chi connectivity index (χ0n) is 10.5. The van der Waals surface area contributed by atoms with Crippen LogP contribution in [0.1, 0.15) is 26.2 Å². The lowest BCUT2D eigenvalue weighted by Gasteiger charge is -2.17. The van der Waals surface area contributed by atoms with Gasteiger partial charge in [-0.2, -0.15) is 0 Å². The number of nitrogens with zero attached hydrogens (tertiary/aromatic N) is 1. The molecule has 18 heavy (non-hydrogen) atoms. The van der Waals surface area contributed by atoms with Gasteiger partial charge >= 0.3 is 0 Å². The van der Waals surface area contributed by atoms with Crippen molar-refractivity contribution < 1.29 is 17.2 Å². The number of sulfonamides is 1. The highest BCUT2D eigenvalue weighted by atomic mass is 32.2. The standard InChI is InChI=1S/C12H17F2NO2S/c1-3-4-5-8-15(2)18(16,17)12-7-6-10(13)9-11(12)14/h6-7,9H,3-5,8H2,1-2H3. The molecule has 0 saturated heterocycles. The summed E-state index contributed by atoms with van der Waals surface area (Å²) in [6.45, 7) is 2.33. The Hall–Kier alpha value is -1.01. The van der Waals surface area contributed by atoms with Gasteiger partial charge in [-0.1, -0.05) is 19.8 Å². The zero-order chi connectivity index (χ0) is 13.8. The molecule has 0 heterocycles. The fourth-order valence-electron chi connectivity index (χ4n) is 1.56. The Kier molecular flexibility index (Phi) is 5.22. The third-order valence-corrected chi connectivity index (χ3v) is 4.55. The SMILES string of the molecule is CCCCCN(C)S(=O)(=O)c1ccc(F)cc1F. The fourth-order valence-corrected chi connectivity index (χ4v) is 2.81. The molecule has 0 N–H and O–H groups in total. The van der Waals surface area contributed by atoms with Crippen LogP contribution >= 0.6 is 0 Å². The van der Waals surface area contributed by atoms with Gasteiger partial charge in [0.2, 0.25) is 10.0 Å². The Morgan fingerprint density at radius 2 is 1.89 bits per heavy atom. The van der Waals surface area contributed by atoms with Gasteiger partial charge in [0.15, 0.2) is 0 Å². The zero-order valence-corrected chi connectivity index (χ0v) is 11.3. The summed E-state index contributed by atoms with van der Waals surface area (Å²) in [5, 5.41) is 0. The lowest BCUT2D eigenvalue weighted by atomic mass is 10.2. The summed E-state index contributed by atoms with van der Waals surface area (Å²) >= 11 is 0. The first-order valence-corrected chi connectivity index (χ1v) is 7.25. The molecule has 1 aromatic rings. The van der Waals surface area contributed by atoms with Crippen LogP contribution in [0.5, 0.6) is 0 Å². The summed E-state index contributed by atoms with van der Waals surface area (Å²) in [6.07, 6.45) is 2.60. The number of rotatable bonds is 6. The number of hydrogen-bond acceptors (Lipinski definition) is 2. The monoisotopic (exact) mass is 277 g/mol. The third-order valence-electron chi connectivity index (χ3n) is 2.66. The Labute approximate surface area is 106 Å². The molecule has 0 aromatic heterocycles. The van der Waals surface area contributed by atoms with E-state index in [2.05, 4.69) is 0 Å². The third kappa shape index (κ3) is 3.49. The van der Waals surface area contributed by atoms with Gasteiger partial charge in [-0.3, -0.25) is 0 Å². The Morgan fingerprint density at radius 1 is 1.22 bits per heavy atom. The largest absolute Gasteiger partial charge is 0.245 e. The topological polar surface area (TPSA) is 37.4 Å². The number of hydrogen-bond donors (Lipinski definition) is 0. The first kappa shape index (κ1) is 15.0. The van der Waals surface area contributed by atoms with Crippen LogP contribution in [0.25, 0.3) is 0 Å². The van der Waals surface area contributed by atoms with E-state index in [1.165, 1.54) is 7.05 Å². The molecular formula is C12H17F2NO2S. The normalized spacial score (nSPS) is 12.1. The van der Waals surface area contributed by atoms with E-state index < -0.39 is 26.6 Å². The van der Waals surface area contributed by atoms with Crippen molar-refractivity contribution in [3.05, 3.63) is 29.8 Å². The second kappa shape index (κ2) is 6.24. The number of benzene rings is 1. The van der Waals surface area contributed by atoms with Crippen molar-refractivity contribution >= 4 is 10.0 Å². The van der Waals surface area contributed by atoms with E-state index in [9.17, 15) is 17.2 Å². The molecule has 0 fully saturated rings. The Balaban J connectivity index is 2.91. The molecule has 0 unspecified atom stereocenters. The van der Waals surface area contributed by atoms with E-state index in [4.69, 9.17) is 0 Å². The minimum absolute atomic E-state index is 0.326. The van der Waals surface area contributed by atoms with Gasteiger partial charge in [0.25, 0.3) is 0 Å². The lowest BCUT2D eigenvalue weighted by Crippen LogP contribution is -2.28. The molecular weight excluding hydrogens is 260 g/mol. The summed E-state index contributed by atoms with van der Waals surface area (Å²) in [6, 6.07) is 2.47. The minimum atomic E-state index is -3.88. The molecule has 0 radical (unpaired) electrons. The molecule has 0 bridgehead atoms. The van der Waals surface area contributed by atoms with Crippen molar-refractivity contribution in [2.24, 2.45) is 0 Å². The Morgan fingerprint density at radius 3 is 2.44 bits per heavy atom. The summed E-state index contributed by atoms with van der Waals surface area (Å²) in [5.41, 5.74) is 0. The van der Waals surface area contributed by atoms with Crippen molar-refractivity contribution in [3.8, 4) is 0 Å². The molecule has 6 heteroatoms. The van der Waals surface area contributed by atoms with Crippen molar-refractivity contribution in [3.63, 3.8) is 0 Å². The predicted octanol–water partition coefficient (Wildman–Crippen LogP) is 2.78. The van der Waals surface area contributed by atoms with E-state index in [-0.39, 0.29) is 0 Å². The second-order valence-corrected chi connectivity index (χ2v) is 6.12. The van der Waals surface area contributed by atoms with E-state index in [1.54, 1.807) is 0 Å². The second-order valence-electron chi connectivity index (χ2n) is 4.11. The average molecular weight is 277 g/mol. The molecule has 102 valence electrons. The average Bonchev–Trinajstić information content (AvgIpc) is 2.28. The van der Waals surface area contributed by atoms with Crippen molar-refractivity contribution in [1.82, 2.24) is 4.31 Å². The van der Waals surface area contributed by atoms with Crippen LogP contribution in [0.4, 0.5) is 8.78 Å². The smallest absolute Gasteiger partial charge is 0.207 e.